The van der Waals surface area contributed by atoms with Crippen LogP contribution in [0, 0.1) is 0 Å². The van der Waals surface area contributed by atoms with Crippen LogP contribution in [-0.4, -0.2) is 328 Å². The molecular weight excluding hydrogens is 1830 g/mol. The number of carboxylic acid groups (broad SMARTS) is 2. The van der Waals surface area contributed by atoms with Crippen molar-refractivity contribution in [1.82, 2.24) is 87.2 Å². The van der Waals surface area contributed by atoms with Crippen LogP contribution in [0.5, 0.6) is 5.75 Å². The van der Waals surface area contributed by atoms with Crippen LogP contribution < -0.4 is 76.1 Å². The van der Waals surface area contributed by atoms with E-state index in [1.165, 1.54) is 75.5 Å². The number of aliphatic imine (C=N–C) groups is 1. The third-order valence-corrected chi connectivity index (χ3v) is 25.7. The highest BCUT2D eigenvalue weighted by molar-refractivity contribution is 8.00. The Morgan fingerprint density at radius 1 is 0.540 bits per heavy atom. The Balaban J connectivity index is 1.12. The number of benzene rings is 3. The van der Waals surface area contributed by atoms with Crippen molar-refractivity contribution >= 4 is 158 Å². The lowest BCUT2D eigenvalue weighted by atomic mass is 9.99. The molecular formula is C92H124N22O24S. The van der Waals surface area contributed by atoms with Crippen molar-refractivity contribution in [2.45, 2.75) is 240 Å². The molecule has 47 heteroatoms. The molecule has 3 fully saturated rings. The number of para-hydroxylation sites is 2. The number of nitrogens with zero attached hydrogens (tertiary/aromatic N) is 7. The Bertz CT molecular complexity index is 5450. The van der Waals surface area contributed by atoms with Gasteiger partial charge in [0.25, 0.3) is 0 Å². The lowest BCUT2D eigenvalue weighted by molar-refractivity contribution is -0.149. The topological polar surface area (TPSA) is 696 Å². The maximum Gasteiger partial charge on any atom is 0.323 e. The van der Waals surface area contributed by atoms with Crippen LogP contribution in [0.15, 0.2) is 102 Å². The number of thioether (sulfide) groups is 1. The number of nitrogens with one attached hydrogen (secondary N) is 11. The highest BCUT2D eigenvalue weighted by Crippen LogP contribution is 2.29. The van der Waals surface area contributed by atoms with Crippen molar-refractivity contribution in [1.29, 1.82) is 0 Å². The number of unbranched alkanes of at least 4 members (excludes halogenated alkanes) is 2. The zero-order valence-corrected chi connectivity index (χ0v) is 78.9. The van der Waals surface area contributed by atoms with Gasteiger partial charge in [0.05, 0.1) is 31.2 Å². The van der Waals surface area contributed by atoms with Gasteiger partial charge in [-0.1, -0.05) is 88.1 Å². The molecule has 752 valence electrons. The van der Waals surface area contributed by atoms with Crippen LogP contribution in [0.4, 0.5) is 0 Å². The maximum atomic E-state index is 15.9. The molecule has 6 heterocycles. The number of carbonyl (C=O) groups is 20. The lowest BCUT2D eigenvalue weighted by Gasteiger charge is -2.36. The number of carboxylic acids is 2. The summed E-state index contributed by atoms with van der Waals surface area (Å²) in [6.07, 6.45) is 0.298. The Labute approximate surface area is 803 Å². The molecule has 3 saturated heterocycles. The van der Waals surface area contributed by atoms with Crippen LogP contribution in [0.25, 0.3) is 21.8 Å². The average Bonchev–Trinajstić information content (AvgIpc) is 1.66. The number of rotatable bonds is 28. The first kappa shape index (κ1) is 108. The fourth-order valence-electron chi connectivity index (χ4n) is 17.1. The van der Waals surface area contributed by atoms with Gasteiger partial charge in [-0.25, -0.2) is 0 Å². The summed E-state index contributed by atoms with van der Waals surface area (Å²) >= 11 is 0.660. The summed E-state index contributed by atoms with van der Waals surface area (Å²) in [7, 11) is 3.67. The summed E-state index contributed by atoms with van der Waals surface area (Å²) in [5.41, 5.74) is 25.6. The number of nitrogens with two attached hydrogens (primary N) is 4. The van der Waals surface area contributed by atoms with E-state index in [0.717, 1.165) is 24.5 Å². The fraction of sp³-hybridized carbons (Fsp3) is 0.511. The zero-order valence-electron chi connectivity index (χ0n) is 78.1. The second-order valence-electron chi connectivity index (χ2n) is 34.9. The molecule has 0 saturated carbocycles. The third-order valence-electron chi connectivity index (χ3n) is 24.7. The van der Waals surface area contributed by atoms with Gasteiger partial charge < -0.3 is 131 Å². The first-order chi connectivity index (χ1) is 66.1. The smallest absolute Gasteiger partial charge is 0.323 e. The molecule has 0 bridgehead atoms. The standard InChI is InChI=1S/C92H124N22O24S/c1-7-9-19-69-85(131)105-63(40-77(121)122)84(130)108-67(80(126)99-43-75(96)119)47-139-48-76(120)100-64(34-50-23-25-54(115)26-24-50)88(134)109(4)49(3)79(125)106-66(39-74(95)118)91(137)113-33-15-22-70(113)86(132)103-61(35-51-30-32-97-41-51)82(128)102-60(27-28-73(94)117)90(136)114-45-55(116)38-72(114)87(133)104-62(36-52-42-98-58-18-13-11-16-56(52)58)83(129)101-59(29-31-93)81(127)107-65(89(135)111(6)71(20-10-8-2)92(138)110(69)5)37-53-44-112(46-78(123)124)68-21-14-12-17-57(53)68/h11-14,16-18,21,23-26,32,41-42,44,49,55,59-67,69-72,98,115-116H,7-10,15,19-20,22,27-31,33-40,43,45-48,93H2,1-6H3,(H2,94,117)(H2,95,118)(H2,96,119)(H,99,126)(H,100,120)(H,101,129)(H,102,128)(H,103,132)(H,104,133)(H,105,131)(H,106,125)(H,107,127)(H,108,130)(H,121,122)(H,123,124)/t49-,55+,59-,60-,61-,62-,63-,64-,65-,66-,67-,69-,70?,71-,72-/m0/s1. The monoisotopic (exact) mass is 1950 g/mol. The van der Waals surface area contributed by atoms with E-state index in [2.05, 4.69) is 63.1 Å². The maximum absolute atomic E-state index is 15.9. The predicted molar refractivity (Wildman–Crippen MR) is 503 cm³/mol. The van der Waals surface area contributed by atoms with Crippen molar-refractivity contribution in [2.24, 2.45) is 27.9 Å². The molecule has 0 aliphatic carbocycles. The van der Waals surface area contributed by atoms with Gasteiger partial charge in [-0.2, -0.15) is 0 Å². The quantitative estimate of drug-likeness (QED) is 0.0228. The summed E-state index contributed by atoms with van der Waals surface area (Å²) in [4.78, 5) is 301. The van der Waals surface area contributed by atoms with Crippen LogP contribution in [-0.2, 0) is 122 Å². The molecule has 139 heavy (non-hydrogen) atoms. The van der Waals surface area contributed by atoms with Gasteiger partial charge in [-0.3, -0.25) is 101 Å². The molecule has 0 radical (unpaired) electrons. The van der Waals surface area contributed by atoms with Crippen molar-refractivity contribution in [2.75, 3.05) is 58.8 Å². The van der Waals surface area contributed by atoms with E-state index in [-0.39, 0.29) is 89.5 Å². The van der Waals surface area contributed by atoms with Crippen LogP contribution in [0.2, 0.25) is 0 Å². The summed E-state index contributed by atoms with van der Waals surface area (Å²) in [5.74, 6) is -23.0. The minimum absolute atomic E-state index is 0.0696. The Morgan fingerprint density at radius 2 is 1.12 bits per heavy atom. The number of phenolic OH excluding ortho intramolecular Hbond substituents is 1. The first-order valence-corrected chi connectivity index (χ1v) is 47.0. The van der Waals surface area contributed by atoms with Gasteiger partial charge in [0.2, 0.25) is 106 Å². The molecule has 9 rings (SSSR count). The molecule has 1 unspecified atom stereocenters. The first-order valence-electron chi connectivity index (χ1n) is 45.8. The number of aliphatic hydroxyl groups excluding tert-OH is 1. The second kappa shape index (κ2) is 51.2. The number of carbonyl (C=O) groups excluding carboxylic acids is 18. The van der Waals surface area contributed by atoms with Gasteiger partial charge in [0.15, 0.2) is 0 Å². The number of phenols is 1. The highest BCUT2D eigenvalue weighted by Gasteiger charge is 2.47. The summed E-state index contributed by atoms with van der Waals surface area (Å²) in [6, 6.07) is -4.70. The Kier molecular flexibility index (Phi) is 39.8. The molecule has 0 spiro atoms. The van der Waals surface area contributed by atoms with Gasteiger partial charge in [0.1, 0.15) is 96.9 Å². The number of hydrogen-bond acceptors (Lipinski definition) is 25. The molecule has 2 aromatic heterocycles. The van der Waals surface area contributed by atoms with E-state index in [1.807, 2.05) is 0 Å². The van der Waals surface area contributed by atoms with E-state index >= 15 is 38.4 Å². The van der Waals surface area contributed by atoms with Crippen molar-refractivity contribution < 1.29 is 116 Å². The van der Waals surface area contributed by atoms with Gasteiger partial charge in [-0.15, -0.1) is 11.8 Å². The molecule has 4 aliphatic heterocycles. The predicted octanol–water partition coefficient (Wildman–Crippen LogP) is -3.80. The fourth-order valence-corrected chi connectivity index (χ4v) is 17.9. The summed E-state index contributed by atoms with van der Waals surface area (Å²) in [5, 5.41) is 68.7. The largest absolute Gasteiger partial charge is 0.508 e. The third kappa shape index (κ3) is 30.1. The number of primary amides is 3. The number of aromatic amines is 1. The number of likely N-dealkylation sites (N-methyl/N-ethyl adjacent to an activating group) is 3. The summed E-state index contributed by atoms with van der Waals surface area (Å²) < 4.78 is 1.40. The second-order valence-corrected chi connectivity index (χ2v) is 36.0. The number of aliphatic hydroxyl groups is 1. The molecule has 15 atom stereocenters. The SMILES string of the molecule is CCCC[C@H]1C(=O)N(C)[C@@H](CCCC)C(=O)N[C@@H](CC(=O)O)C(=O)N[C@H](C(=O)NCC(N)=O)CSCC(=O)N[C@@H](Cc2ccc(O)cc2)C(=O)N(C)[C@@H](C)C(=O)N[C@@H](CC(N)=O)C(=O)N2CCCC2C(=O)N[C@@H](CC2=CN=CC2)C(=O)N[C@@H](CCC(N)=O)C(=O)N2C[C@H](O)C[C@H]2C(=O)N[C@@H](Cc2c[nH]c3ccccc23)C(=O)N[C@@H](CCN)C(=O)N[C@@H](Cc2cn(CC(=O)O)c3ccccc23)C(=O)N1C. The van der Waals surface area contributed by atoms with Crippen molar-refractivity contribution in [3.8, 4) is 5.75 Å². The van der Waals surface area contributed by atoms with Crippen LogP contribution in [0.1, 0.15) is 140 Å². The van der Waals surface area contributed by atoms with E-state index in [4.69, 9.17) is 22.9 Å². The molecule has 4 aliphatic rings. The van der Waals surface area contributed by atoms with E-state index < -0.39 is 279 Å². The van der Waals surface area contributed by atoms with E-state index in [1.54, 1.807) is 68.6 Å². The van der Waals surface area contributed by atoms with Gasteiger partial charge in [0, 0.05) is 125 Å². The minimum Gasteiger partial charge on any atom is -0.508 e. The summed E-state index contributed by atoms with van der Waals surface area (Å²) in [6.45, 7) is 2.32. The minimum atomic E-state index is -2.06. The lowest BCUT2D eigenvalue weighted by Crippen LogP contribution is -2.61. The van der Waals surface area contributed by atoms with Crippen molar-refractivity contribution in [3.63, 3.8) is 0 Å². The number of aromatic nitrogens is 2. The normalized spacial score (nSPS) is 24.7. The van der Waals surface area contributed by atoms with Gasteiger partial charge in [-0.05, 0) is 105 Å². The Morgan fingerprint density at radius 3 is 1.76 bits per heavy atom. The average molecular weight is 1950 g/mol. The molecule has 5 aromatic rings. The number of amides is 18. The molecule has 3 aromatic carbocycles. The Hall–Kier alpha value is -14.4. The number of aromatic hydroxyl groups is 1. The number of hydrogen-bond donors (Lipinski definition) is 19. The number of aliphatic carboxylic acids is 2. The zero-order chi connectivity index (χ0) is 102. The molecule has 18 amide bonds. The van der Waals surface area contributed by atoms with E-state index in [0.29, 0.717) is 68.7 Å². The van der Waals surface area contributed by atoms with Crippen LogP contribution in [0.3, 0.4) is 0 Å². The molecule has 23 N–H and O–H groups in total. The van der Waals surface area contributed by atoms with E-state index in [9.17, 15) is 78.0 Å². The number of fused-ring (bicyclic) bond motifs is 4. The van der Waals surface area contributed by atoms with Crippen molar-refractivity contribution in [3.05, 3.63) is 114 Å². The highest BCUT2D eigenvalue weighted by atomic mass is 32.2. The van der Waals surface area contributed by atoms with Gasteiger partial charge >= 0.3 is 11.9 Å². The number of H-pyrrole nitrogens is 1. The molecule has 46 nitrogen and oxygen atoms in total. The van der Waals surface area contributed by atoms with Crippen LogP contribution >= 0.6 is 11.8 Å².